The molecule has 1 amide bonds. The molecule has 5 nitrogen and oxygen atoms in total. The van der Waals surface area contributed by atoms with Gasteiger partial charge in [-0.15, -0.1) is 0 Å². The average Bonchev–Trinajstić information content (AvgIpc) is 2.53. The lowest BCUT2D eigenvalue weighted by Crippen LogP contribution is -2.34. The lowest BCUT2D eigenvalue weighted by Gasteiger charge is -2.19. The van der Waals surface area contributed by atoms with Crippen molar-refractivity contribution < 1.29 is 9.53 Å². The van der Waals surface area contributed by atoms with Gasteiger partial charge in [-0.3, -0.25) is 0 Å². The van der Waals surface area contributed by atoms with E-state index in [1.54, 1.807) is 12.5 Å². The Morgan fingerprint density at radius 2 is 2.27 bits per heavy atom. The summed E-state index contributed by atoms with van der Waals surface area (Å²) in [5, 5.41) is 2.67. The van der Waals surface area contributed by atoms with Crippen molar-refractivity contribution in [2.75, 3.05) is 6.54 Å². The molecule has 0 atom stereocenters. The van der Waals surface area contributed by atoms with Crippen molar-refractivity contribution in [3.8, 4) is 0 Å². The second-order valence-electron chi connectivity index (χ2n) is 4.23. The molecule has 15 heavy (non-hydrogen) atoms. The van der Waals surface area contributed by atoms with Crippen molar-refractivity contribution in [2.45, 2.75) is 32.9 Å². The van der Waals surface area contributed by atoms with Gasteiger partial charge in [-0.2, -0.15) is 0 Å². The number of imidazole rings is 1. The zero-order valence-corrected chi connectivity index (χ0v) is 9.36. The number of hydrogen-bond acceptors (Lipinski definition) is 3. The fraction of sp³-hybridized carbons (Fsp3) is 0.600. The highest BCUT2D eigenvalue weighted by molar-refractivity contribution is 5.67. The van der Waals surface area contributed by atoms with Crippen LogP contribution in [0.15, 0.2) is 18.7 Å². The van der Waals surface area contributed by atoms with Crippen LogP contribution in [0.3, 0.4) is 0 Å². The summed E-state index contributed by atoms with van der Waals surface area (Å²) in [4.78, 5) is 15.1. The van der Waals surface area contributed by atoms with E-state index in [0.29, 0.717) is 13.1 Å². The van der Waals surface area contributed by atoms with E-state index < -0.39 is 5.60 Å². The summed E-state index contributed by atoms with van der Waals surface area (Å²) >= 11 is 0. The Kier molecular flexibility index (Phi) is 3.71. The largest absolute Gasteiger partial charge is 0.444 e. The topological polar surface area (TPSA) is 56.1 Å². The van der Waals surface area contributed by atoms with E-state index in [4.69, 9.17) is 4.74 Å². The number of aromatic nitrogens is 2. The SMILES string of the molecule is CC(C)(C)OC(=O)NCCn1ccnc1. The lowest BCUT2D eigenvalue weighted by molar-refractivity contribution is 0.0526. The van der Waals surface area contributed by atoms with E-state index in [0.717, 1.165) is 0 Å². The van der Waals surface area contributed by atoms with Gasteiger partial charge in [0.25, 0.3) is 0 Å². The molecular formula is C10H17N3O2. The van der Waals surface area contributed by atoms with Gasteiger partial charge in [-0.05, 0) is 20.8 Å². The van der Waals surface area contributed by atoms with Gasteiger partial charge in [0, 0.05) is 25.5 Å². The van der Waals surface area contributed by atoms with Gasteiger partial charge in [0.15, 0.2) is 0 Å². The third kappa shape index (κ3) is 5.05. The quantitative estimate of drug-likeness (QED) is 0.822. The minimum absolute atomic E-state index is 0.386. The van der Waals surface area contributed by atoms with Crippen molar-refractivity contribution in [3.05, 3.63) is 18.7 Å². The molecule has 1 heterocycles. The molecule has 0 saturated heterocycles. The Balaban J connectivity index is 2.18. The predicted octanol–water partition coefficient (Wildman–Crippen LogP) is 1.41. The molecule has 0 unspecified atom stereocenters. The summed E-state index contributed by atoms with van der Waals surface area (Å²) in [7, 11) is 0. The number of hydrogen-bond donors (Lipinski definition) is 1. The summed E-state index contributed by atoms with van der Waals surface area (Å²) in [5.74, 6) is 0. The number of alkyl carbamates (subject to hydrolysis) is 1. The first-order valence-electron chi connectivity index (χ1n) is 4.90. The highest BCUT2D eigenvalue weighted by Gasteiger charge is 2.15. The molecule has 0 aromatic carbocycles. The first-order valence-corrected chi connectivity index (χ1v) is 4.90. The molecule has 0 radical (unpaired) electrons. The number of carbonyl (C=O) groups excluding carboxylic acids is 1. The van der Waals surface area contributed by atoms with Crippen LogP contribution in [0.25, 0.3) is 0 Å². The monoisotopic (exact) mass is 211 g/mol. The van der Waals surface area contributed by atoms with Crippen molar-refractivity contribution in [3.63, 3.8) is 0 Å². The maximum atomic E-state index is 11.2. The Morgan fingerprint density at radius 3 is 2.80 bits per heavy atom. The van der Waals surface area contributed by atoms with E-state index >= 15 is 0 Å². The number of rotatable bonds is 3. The molecule has 0 aliphatic carbocycles. The number of nitrogens with zero attached hydrogens (tertiary/aromatic N) is 2. The molecule has 0 aliphatic heterocycles. The third-order valence-corrected chi connectivity index (χ3v) is 1.60. The highest BCUT2D eigenvalue weighted by atomic mass is 16.6. The smallest absolute Gasteiger partial charge is 0.407 e. The van der Waals surface area contributed by atoms with E-state index in [9.17, 15) is 4.79 Å². The summed E-state index contributed by atoms with van der Waals surface area (Å²) in [5.41, 5.74) is -0.445. The Morgan fingerprint density at radius 1 is 1.53 bits per heavy atom. The van der Waals surface area contributed by atoms with Crippen molar-refractivity contribution in [1.29, 1.82) is 0 Å². The minimum atomic E-state index is -0.445. The zero-order chi connectivity index (χ0) is 11.3. The molecule has 0 aliphatic rings. The molecule has 1 aromatic rings. The number of ether oxygens (including phenoxy) is 1. The molecular weight excluding hydrogens is 194 g/mol. The van der Waals surface area contributed by atoms with Gasteiger partial charge < -0.3 is 14.6 Å². The Labute approximate surface area is 89.4 Å². The number of carbonyl (C=O) groups is 1. The van der Waals surface area contributed by atoms with Crippen LogP contribution < -0.4 is 5.32 Å². The normalized spacial score (nSPS) is 11.1. The maximum absolute atomic E-state index is 11.2. The molecule has 5 heteroatoms. The van der Waals surface area contributed by atoms with Crippen molar-refractivity contribution in [1.82, 2.24) is 14.9 Å². The molecule has 0 saturated carbocycles. The molecule has 1 rings (SSSR count). The molecule has 0 spiro atoms. The summed E-state index contributed by atoms with van der Waals surface area (Å²) in [6, 6.07) is 0. The molecule has 0 fully saturated rings. The molecule has 0 bridgehead atoms. The van der Waals surface area contributed by atoms with Crippen molar-refractivity contribution >= 4 is 6.09 Å². The van der Waals surface area contributed by atoms with Crippen molar-refractivity contribution in [2.24, 2.45) is 0 Å². The fourth-order valence-electron chi connectivity index (χ4n) is 1.02. The standard InChI is InChI=1S/C10H17N3O2/c1-10(2,3)15-9(14)12-5-7-13-6-4-11-8-13/h4,6,8H,5,7H2,1-3H3,(H,12,14). The third-order valence-electron chi connectivity index (χ3n) is 1.60. The maximum Gasteiger partial charge on any atom is 0.407 e. The Bertz CT molecular complexity index is 301. The van der Waals surface area contributed by atoms with E-state index in [2.05, 4.69) is 10.3 Å². The minimum Gasteiger partial charge on any atom is -0.444 e. The van der Waals surface area contributed by atoms with Crippen LogP contribution in [0.2, 0.25) is 0 Å². The lowest BCUT2D eigenvalue weighted by atomic mass is 10.2. The fourth-order valence-corrected chi connectivity index (χ4v) is 1.02. The average molecular weight is 211 g/mol. The van der Waals surface area contributed by atoms with Gasteiger partial charge in [-0.25, -0.2) is 9.78 Å². The molecule has 1 aromatic heterocycles. The zero-order valence-electron chi connectivity index (χ0n) is 9.36. The van der Waals surface area contributed by atoms with E-state index in [-0.39, 0.29) is 6.09 Å². The molecule has 84 valence electrons. The van der Waals surface area contributed by atoms with Gasteiger partial charge in [0.05, 0.1) is 6.33 Å². The van der Waals surface area contributed by atoms with Crippen LogP contribution in [-0.2, 0) is 11.3 Å². The van der Waals surface area contributed by atoms with Crippen LogP contribution in [0.4, 0.5) is 4.79 Å². The van der Waals surface area contributed by atoms with Crippen LogP contribution in [-0.4, -0.2) is 27.8 Å². The van der Waals surface area contributed by atoms with Gasteiger partial charge >= 0.3 is 6.09 Å². The van der Waals surface area contributed by atoms with E-state index in [1.165, 1.54) is 0 Å². The van der Waals surface area contributed by atoms with Gasteiger partial charge in [0.2, 0.25) is 0 Å². The molecule has 1 N–H and O–H groups in total. The summed E-state index contributed by atoms with van der Waals surface area (Å²) in [6.45, 7) is 6.73. The van der Waals surface area contributed by atoms with Gasteiger partial charge in [0.1, 0.15) is 5.60 Å². The van der Waals surface area contributed by atoms with Gasteiger partial charge in [-0.1, -0.05) is 0 Å². The summed E-state index contributed by atoms with van der Waals surface area (Å²) in [6.07, 6.45) is 4.86. The first-order chi connectivity index (χ1) is 6.97. The number of nitrogens with one attached hydrogen (secondary N) is 1. The first kappa shape index (κ1) is 11.6. The summed E-state index contributed by atoms with van der Waals surface area (Å²) < 4.78 is 6.97. The second kappa shape index (κ2) is 4.82. The Hall–Kier alpha value is -1.52. The highest BCUT2D eigenvalue weighted by Crippen LogP contribution is 2.06. The van der Waals surface area contributed by atoms with Crippen LogP contribution in [0, 0.1) is 0 Å². The van der Waals surface area contributed by atoms with Crippen LogP contribution in [0.5, 0.6) is 0 Å². The predicted molar refractivity (Wildman–Crippen MR) is 56.5 cm³/mol. The van der Waals surface area contributed by atoms with Crippen LogP contribution in [0.1, 0.15) is 20.8 Å². The number of amides is 1. The van der Waals surface area contributed by atoms with Crippen LogP contribution >= 0.6 is 0 Å². The second-order valence-corrected chi connectivity index (χ2v) is 4.23. The van der Waals surface area contributed by atoms with E-state index in [1.807, 2.05) is 31.5 Å².